The molecule has 0 aliphatic rings. The monoisotopic (exact) mass is 362 g/mol. The quantitative estimate of drug-likeness (QED) is 0.568. The molecule has 0 amide bonds. The summed E-state index contributed by atoms with van der Waals surface area (Å²) in [5.41, 5.74) is -1.44. The van der Waals surface area contributed by atoms with Crippen LogP contribution in [-0.2, 0) is 0 Å². The average molecular weight is 363 g/mol. The third-order valence-corrected chi connectivity index (χ3v) is 3.91. The zero-order chi connectivity index (χ0) is 18.3. The van der Waals surface area contributed by atoms with Gasteiger partial charge in [0.2, 0.25) is 5.43 Å². The standard InChI is InChI=1S/C16H8ClFN2O5/c17-12-6-13-10(5-14(12)20(24)25)15(21)11(16(22)23)7-19(13)9-3-1-8(18)2-4-9/h1-7H,(H,22,23). The van der Waals surface area contributed by atoms with Gasteiger partial charge >= 0.3 is 5.97 Å². The summed E-state index contributed by atoms with van der Waals surface area (Å²) in [5, 5.41) is 19.9. The van der Waals surface area contributed by atoms with Crippen LogP contribution in [0.15, 0.2) is 47.4 Å². The van der Waals surface area contributed by atoms with Crippen molar-refractivity contribution in [2.45, 2.75) is 0 Å². The number of hydrogen-bond donors (Lipinski definition) is 1. The lowest BCUT2D eigenvalue weighted by molar-refractivity contribution is -0.384. The summed E-state index contributed by atoms with van der Waals surface area (Å²) in [6.07, 6.45) is 1.07. The Bertz CT molecular complexity index is 1090. The van der Waals surface area contributed by atoms with E-state index in [-0.39, 0.29) is 15.9 Å². The molecule has 1 heterocycles. The minimum atomic E-state index is -1.49. The zero-order valence-electron chi connectivity index (χ0n) is 12.3. The molecule has 9 heteroatoms. The number of nitrogens with zero attached hydrogens (tertiary/aromatic N) is 2. The number of carbonyl (C=O) groups is 1. The van der Waals surface area contributed by atoms with Gasteiger partial charge in [0.25, 0.3) is 5.69 Å². The second kappa shape index (κ2) is 5.99. The zero-order valence-corrected chi connectivity index (χ0v) is 13.0. The van der Waals surface area contributed by atoms with E-state index in [0.717, 1.165) is 24.4 Å². The maximum absolute atomic E-state index is 13.1. The van der Waals surface area contributed by atoms with Crippen molar-refractivity contribution in [3.63, 3.8) is 0 Å². The van der Waals surface area contributed by atoms with Crippen LogP contribution >= 0.6 is 11.6 Å². The molecule has 3 rings (SSSR count). The minimum absolute atomic E-state index is 0.164. The SMILES string of the molecule is O=C(O)c1cn(-c2ccc(F)cc2)c2cc(Cl)c([N+](=O)[O-])cc2c1=O. The smallest absolute Gasteiger partial charge is 0.341 e. The summed E-state index contributed by atoms with van der Waals surface area (Å²) in [5.74, 6) is -1.98. The highest BCUT2D eigenvalue weighted by Crippen LogP contribution is 2.30. The van der Waals surface area contributed by atoms with E-state index in [1.807, 2.05) is 0 Å². The third kappa shape index (κ3) is 2.83. The molecule has 1 aromatic heterocycles. The predicted octanol–water partition coefficient (Wildman–Crippen LogP) is 3.39. The Morgan fingerprint density at radius 1 is 1.24 bits per heavy atom. The van der Waals surface area contributed by atoms with Crippen LogP contribution in [-0.4, -0.2) is 20.6 Å². The van der Waals surface area contributed by atoms with Crippen LogP contribution in [0.2, 0.25) is 5.02 Å². The van der Waals surface area contributed by atoms with Crippen molar-refractivity contribution in [2.24, 2.45) is 0 Å². The Labute approximate surface area is 143 Å². The first kappa shape index (κ1) is 16.6. The maximum atomic E-state index is 13.1. The first-order chi connectivity index (χ1) is 11.8. The van der Waals surface area contributed by atoms with Crippen molar-refractivity contribution in [3.8, 4) is 5.69 Å². The number of nitro groups is 1. The van der Waals surface area contributed by atoms with Crippen molar-refractivity contribution in [2.75, 3.05) is 0 Å². The number of halogens is 2. The number of carboxylic acids is 1. The Morgan fingerprint density at radius 3 is 2.44 bits per heavy atom. The van der Waals surface area contributed by atoms with Gasteiger partial charge in [0.1, 0.15) is 16.4 Å². The first-order valence-electron chi connectivity index (χ1n) is 6.82. The summed E-state index contributed by atoms with van der Waals surface area (Å²) in [4.78, 5) is 34.0. The molecule has 0 bridgehead atoms. The molecule has 25 heavy (non-hydrogen) atoms. The van der Waals surface area contributed by atoms with Crippen molar-refractivity contribution in [1.82, 2.24) is 4.57 Å². The Kier molecular flexibility index (Phi) is 3.97. The molecule has 0 aliphatic carbocycles. The molecule has 0 saturated heterocycles. The number of carboxylic acid groups (broad SMARTS) is 1. The van der Waals surface area contributed by atoms with Crippen LogP contribution in [0.5, 0.6) is 0 Å². The normalized spacial score (nSPS) is 10.8. The Hall–Kier alpha value is -3.26. The molecule has 0 aliphatic heterocycles. The average Bonchev–Trinajstić information content (AvgIpc) is 2.55. The molecule has 1 N–H and O–H groups in total. The number of fused-ring (bicyclic) bond motifs is 1. The van der Waals surface area contributed by atoms with E-state index >= 15 is 0 Å². The largest absolute Gasteiger partial charge is 0.477 e. The van der Waals surface area contributed by atoms with Gasteiger partial charge in [-0.1, -0.05) is 11.6 Å². The summed E-state index contributed by atoms with van der Waals surface area (Å²) < 4.78 is 14.5. The fourth-order valence-corrected chi connectivity index (χ4v) is 2.67. The van der Waals surface area contributed by atoms with Crippen molar-refractivity contribution >= 4 is 34.2 Å². The fraction of sp³-hybridized carbons (Fsp3) is 0. The molecule has 7 nitrogen and oxygen atoms in total. The van der Waals surface area contributed by atoms with Crippen molar-refractivity contribution in [1.29, 1.82) is 0 Å². The molecule has 0 saturated carbocycles. The number of benzene rings is 2. The maximum Gasteiger partial charge on any atom is 0.341 e. The van der Waals surface area contributed by atoms with Gasteiger partial charge in [-0.05, 0) is 30.3 Å². The number of pyridine rings is 1. The summed E-state index contributed by atoms with van der Waals surface area (Å²) >= 11 is 5.90. The second-order valence-electron chi connectivity index (χ2n) is 5.10. The first-order valence-corrected chi connectivity index (χ1v) is 7.20. The summed E-state index contributed by atoms with van der Waals surface area (Å²) in [6.45, 7) is 0. The van der Waals surface area contributed by atoms with Crippen LogP contribution < -0.4 is 5.43 Å². The Morgan fingerprint density at radius 2 is 1.88 bits per heavy atom. The summed E-state index contributed by atoms with van der Waals surface area (Å²) in [6, 6.07) is 7.21. The van der Waals surface area contributed by atoms with Crippen molar-refractivity contribution < 1.29 is 19.2 Å². The highest BCUT2D eigenvalue weighted by Gasteiger charge is 2.21. The van der Waals surface area contributed by atoms with Gasteiger partial charge in [0, 0.05) is 18.0 Å². The second-order valence-corrected chi connectivity index (χ2v) is 5.51. The van der Waals surface area contributed by atoms with Crippen LogP contribution in [0.1, 0.15) is 10.4 Å². The van der Waals surface area contributed by atoms with E-state index in [0.29, 0.717) is 5.69 Å². The van der Waals surface area contributed by atoms with E-state index in [1.54, 1.807) is 0 Å². The van der Waals surface area contributed by atoms with E-state index in [9.17, 15) is 29.2 Å². The molecule has 0 unspecified atom stereocenters. The number of rotatable bonds is 3. The molecule has 0 radical (unpaired) electrons. The van der Waals surface area contributed by atoms with Gasteiger partial charge in [-0.25, -0.2) is 9.18 Å². The van der Waals surface area contributed by atoms with E-state index in [2.05, 4.69) is 0 Å². The van der Waals surface area contributed by atoms with Gasteiger partial charge < -0.3 is 9.67 Å². The molecular weight excluding hydrogens is 355 g/mol. The summed E-state index contributed by atoms with van der Waals surface area (Å²) in [7, 11) is 0. The Balaban J connectivity index is 2.47. The van der Waals surface area contributed by atoms with Crippen LogP contribution in [0.4, 0.5) is 10.1 Å². The lowest BCUT2D eigenvalue weighted by Crippen LogP contribution is -2.18. The van der Waals surface area contributed by atoms with Gasteiger partial charge in [0.05, 0.1) is 15.8 Å². The highest BCUT2D eigenvalue weighted by atomic mass is 35.5. The lowest BCUT2D eigenvalue weighted by atomic mass is 10.1. The van der Waals surface area contributed by atoms with Crippen molar-refractivity contribution in [3.05, 3.63) is 79.3 Å². The van der Waals surface area contributed by atoms with Crippen LogP contribution in [0.25, 0.3) is 16.6 Å². The molecular formula is C16H8ClFN2O5. The number of nitro benzene ring substituents is 1. The van der Waals surface area contributed by atoms with Gasteiger partial charge in [-0.2, -0.15) is 0 Å². The third-order valence-electron chi connectivity index (χ3n) is 3.60. The van der Waals surface area contributed by atoms with E-state index < -0.39 is 33.4 Å². The van der Waals surface area contributed by atoms with E-state index in [1.165, 1.54) is 22.8 Å². The van der Waals surface area contributed by atoms with Gasteiger partial charge in [0.15, 0.2) is 0 Å². The highest BCUT2D eigenvalue weighted by molar-refractivity contribution is 6.33. The number of hydrogen-bond acceptors (Lipinski definition) is 4. The van der Waals surface area contributed by atoms with E-state index in [4.69, 9.17) is 11.6 Å². The topological polar surface area (TPSA) is 102 Å². The minimum Gasteiger partial charge on any atom is -0.477 e. The number of aromatic carboxylic acids is 1. The molecule has 0 spiro atoms. The lowest BCUT2D eigenvalue weighted by Gasteiger charge is -2.13. The molecule has 126 valence electrons. The predicted molar refractivity (Wildman–Crippen MR) is 88.1 cm³/mol. The van der Waals surface area contributed by atoms with Gasteiger partial charge in [-0.15, -0.1) is 0 Å². The fourth-order valence-electron chi connectivity index (χ4n) is 2.44. The van der Waals surface area contributed by atoms with Crippen LogP contribution in [0, 0.1) is 15.9 Å². The molecule has 0 fully saturated rings. The van der Waals surface area contributed by atoms with Crippen LogP contribution in [0.3, 0.4) is 0 Å². The molecule has 0 atom stereocenters. The molecule has 2 aromatic carbocycles. The van der Waals surface area contributed by atoms with Gasteiger partial charge in [-0.3, -0.25) is 14.9 Å². The molecule has 3 aromatic rings. The number of aromatic nitrogens is 1.